The van der Waals surface area contributed by atoms with Gasteiger partial charge in [0.05, 0.1) is 11.6 Å². The van der Waals surface area contributed by atoms with Crippen LogP contribution in [0.25, 0.3) is 0 Å². The lowest BCUT2D eigenvalue weighted by Crippen LogP contribution is -2.27. The first-order valence-corrected chi connectivity index (χ1v) is 7.93. The van der Waals surface area contributed by atoms with E-state index < -0.39 is 0 Å². The lowest BCUT2D eigenvalue weighted by atomic mass is 10.1. The van der Waals surface area contributed by atoms with E-state index in [1.54, 1.807) is 0 Å². The molecule has 1 unspecified atom stereocenters. The summed E-state index contributed by atoms with van der Waals surface area (Å²) in [4.78, 5) is 12.6. The van der Waals surface area contributed by atoms with Crippen molar-refractivity contribution in [2.75, 3.05) is 0 Å². The highest BCUT2D eigenvalue weighted by atomic mass is 35.5. The lowest BCUT2D eigenvalue weighted by molar-refractivity contribution is 0.0939. The van der Waals surface area contributed by atoms with Crippen molar-refractivity contribution >= 4 is 17.5 Å². The average molecular weight is 319 g/mol. The first-order chi connectivity index (χ1) is 10.3. The Morgan fingerprint density at radius 3 is 2.23 bits per heavy atom. The van der Waals surface area contributed by atoms with Crippen molar-refractivity contribution in [1.82, 2.24) is 9.88 Å². The summed E-state index contributed by atoms with van der Waals surface area (Å²) in [5.41, 5.74) is 3.90. The second-order valence-corrected chi connectivity index (χ2v) is 6.43. The summed E-state index contributed by atoms with van der Waals surface area (Å²) < 4.78 is 2.18. The summed E-state index contributed by atoms with van der Waals surface area (Å²) in [7, 11) is 0. The summed E-state index contributed by atoms with van der Waals surface area (Å²) in [6, 6.07) is 9.78. The van der Waals surface area contributed by atoms with Crippen LogP contribution in [-0.4, -0.2) is 10.5 Å². The Hall–Kier alpha value is -1.74. The Bertz CT molecular complexity index is 671. The Labute approximate surface area is 137 Å². The average Bonchev–Trinajstić information content (AvgIpc) is 2.74. The molecule has 0 aliphatic rings. The predicted octanol–water partition coefficient (Wildman–Crippen LogP) is 4.83. The van der Waals surface area contributed by atoms with Crippen LogP contribution in [0.4, 0.5) is 0 Å². The Kier molecular flexibility index (Phi) is 4.97. The standard InChI is InChI=1S/C18H23ClN2O/c1-11(2)21-12(3)10-17(14(21)5)18(22)20-13(4)15-6-8-16(19)9-7-15/h6-11,13H,1-5H3,(H,20,22). The molecule has 1 N–H and O–H groups in total. The summed E-state index contributed by atoms with van der Waals surface area (Å²) in [5, 5.41) is 3.75. The molecule has 2 aromatic rings. The number of hydrogen-bond acceptors (Lipinski definition) is 1. The Morgan fingerprint density at radius 1 is 1.14 bits per heavy atom. The van der Waals surface area contributed by atoms with Gasteiger partial charge < -0.3 is 9.88 Å². The third-order valence-corrected chi connectivity index (χ3v) is 4.21. The van der Waals surface area contributed by atoms with Crippen LogP contribution < -0.4 is 5.32 Å². The van der Waals surface area contributed by atoms with Crippen molar-refractivity contribution in [3.8, 4) is 0 Å². The van der Waals surface area contributed by atoms with Gasteiger partial charge in [0.25, 0.3) is 5.91 Å². The largest absolute Gasteiger partial charge is 0.346 e. The smallest absolute Gasteiger partial charge is 0.253 e. The van der Waals surface area contributed by atoms with E-state index in [0.717, 1.165) is 22.5 Å². The molecule has 1 aromatic carbocycles. The number of hydrogen-bond donors (Lipinski definition) is 1. The predicted molar refractivity (Wildman–Crippen MR) is 91.6 cm³/mol. The molecule has 0 saturated heterocycles. The molecule has 0 aliphatic carbocycles. The summed E-state index contributed by atoms with van der Waals surface area (Å²) >= 11 is 5.90. The topological polar surface area (TPSA) is 34.0 Å². The fourth-order valence-electron chi connectivity index (χ4n) is 2.91. The van der Waals surface area contributed by atoms with Gasteiger partial charge in [-0.15, -0.1) is 0 Å². The van der Waals surface area contributed by atoms with E-state index in [1.165, 1.54) is 0 Å². The van der Waals surface area contributed by atoms with Crippen LogP contribution in [0.15, 0.2) is 30.3 Å². The van der Waals surface area contributed by atoms with Gasteiger partial charge in [0.1, 0.15) is 0 Å². The number of nitrogens with one attached hydrogen (secondary N) is 1. The molecule has 0 fully saturated rings. The van der Waals surface area contributed by atoms with E-state index in [-0.39, 0.29) is 11.9 Å². The minimum absolute atomic E-state index is 0.0394. The van der Waals surface area contributed by atoms with E-state index in [2.05, 4.69) is 23.7 Å². The molecule has 2 rings (SSSR count). The summed E-state index contributed by atoms with van der Waals surface area (Å²) in [5.74, 6) is -0.0394. The number of aryl methyl sites for hydroxylation is 1. The van der Waals surface area contributed by atoms with E-state index in [1.807, 2.05) is 51.1 Å². The molecule has 0 radical (unpaired) electrons. The van der Waals surface area contributed by atoms with E-state index in [9.17, 15) is 4.79 Å². The lowest BCUT2D eigenvalue weighted by Gasteiger charge is -2.16. The number of benzene rings is 1. The van der Waals surface area contributed by atoms with Crippen LogP contribution >= 0.6 is 11.6 Å². The maximum Gasteiger partial charge on any atom is 0.253 e. The van der Waals surface area contributed by atoms with Gasteiger partial charge in [0, 0.05) is 22.5 Å². The van der Waals surface area contributed by atoms with Crippen LogP contribution in [0.3, 0.4) is 0 Å². The molecule has 4 heteroatoms. The second kappa shape index (κ2) is 6.57. The second-order valence-electron chi connectivity index (χ2n) is 6.00. The maximum atomic E-state index is 12.6. The van der Waals surface area contributed by atoms with E-state index in [4.69, 9.17) is 11.6 Å². The van der Waals surface area contributed by atoms with Crippen LogP contribution in [0.2, 0.25) is 5.02 Å². The van der Waals surface area contributed by atoms with Gasteiger partial charge in [0.15, 0.2) is 0 Å². The third-order valence-electron chi connectivity index (χ3n) is 3.96. The molecule has 1 amide bonds. The summed E-state index contributed by atoms with van der Waals surface area (Å²) in [6.45, 7) is 10.3. The highest BCUT2D eigenvalue weighted by molar-refractivity contribution is 6.30. The van der Waals surface area contributed by atoms with Crippen molar-refractivity contribution in [2.45, 2.75) is 46.7 Å². The fourth-order valence-corrected chi connectivity index (χ4v) is 3.04. The number of carbonyl (C=O) groups is 1. The van der Waals surface area contributed by atoms with E-state index in [0.29, 0.717) is 11.1 Å². The number of aromatic nitrogens is 1. The summed E-state index contributed by atoms with van der Waals surface area (Å²) in [6.07, 6.45) is 0. The Morgan fingerprint density at radius 2 is 1.73 bits per heavy atom. The third kappa shape index (κ3) is 3.36. The van der Waals surface area contributed by atoms with Crippen molar-refractivity contribution in [2.24, 2.45) is 0 Å². The molecular weight excluding hydrogens is 296 g/mol. The quantitative estimate of drug-likeness (QED) is 0.860. The van der Waals surface area contributed by atoms with Crippen molar-refractivity contribution < 1.29 is 4.79 Å². The minimum atomic E-state index is -0.0631. The SMILES string of the molecule is Cc1cc(C(=O)NC(C)c2ccc(Cl)cc2)c(C)n1C(C)C. The van der Waals surface area contributed by atoms with Crippen molar-refractivity contribution in [3.05, 3.63) is 57.9 Å². The maximum absolute atomic E-state index is 12.6. The molecule has 1 atom stereocenters. The first kappa shape index (κ1) is 16.6. The normalized spacial score (nSPS) is 12.5. The molecule has 0 aliphatic heterocycles. The molecule has 22 heavy (non-hydrogen) atoms. The molecule has 1 aromatic heterocycles. The van der Waals surface area contributed by atoms with Crippen LogP contribution in [0.1, 0.15) is 60.2 Å². The molecule has 118 valence electrons. The highest BCUT2D eigenvalue weighted by Crippen LogP contribution is 2.21. The van der Waals surface area contributed by atoms with Crippen molar-refractivity contribution in [3.63, 3.8) is 0 Å². The van der Waals surface area contributed by atoms with Crippen molar-refractivity contribution in [1.29, 1.82) is 0 Å². The number of halogens is 1. The molecule has 0 bridgehead atoms. The number of nitrogens with zero attached hydrogens (tertiary/aromatic N) is 1. The van der Waals surface area contributed by atoms with Gasteiger partial charge in [-0.05, 0) is 58.4 Å². The van der Waals surface area contributed by atoms with Crippen LogP contribution in [0, 0.1) is 13.8 Å². The number of rotatable bonds is 4. The van der Waals surface area contributed by atoms with Gasteiger partial charge in [0.2, 0.25) is 0 Å². The molecule has 0 saturated carbocycles. The fraction of sp³-hybridized carbons (Fsp3) is 0.389. The highest BCUT2D eigenvalue weighted by Gasteiger charge is 2.18. The molecule has 1 heterocycles. The molecule has 0 spiro atoms. The molecule has 3 nitrogen and oxygen atoms in total. The zero-order valence-electron chi connectivity index (χ0n) is 13.8. The monoisotopic (exact) mass is 318 g/mol. The van der Waals surface area contributed by atoms with E-state index >= 15 is 0 Å². The first-order valence-electron chi connectivity index (χ1n) is 7.56. The van der Waals surface area contributed by atoms with Gasteiger partial charge in [-0.1, -0.05) is 23.7 Å². The number of carbonyl (C=O) groups excluding carboxylic acids is 1. The Balaban J connectivity index is 2.19. The number of amides is 1. The minimum Gasteiger partial charge on any atom is -0.346 e. The van der Waals surface area contributed by atoms with Crippen LogP contribution in [-0.2, 0) is 0 Å². The van der Waals surface area contributed by atoms with Crippen LogP contribution in [0.5, 0.6) is 0 Å². The van der Waals surface area contributed by atoms with Gasteiger partial charge in [-0.2, -0.15) is 0 Å². The molecular formula is C18H23ClN2O. The zero-order chi connectivity index (χ0) is 16.4. The zero-order valence-corrected chi connectivity index (χ0v) is 14.5. The van der Waals surface area contributed by atoms with Gasteiger partial charge >= 0.3 is 0 Å². The van der Waals surface area contributed by atoms with Gasteiger partial charge in [-0.3, -0.25) is 4.79 Å². The van der Waals surface area contributed by atoms with Gasteiger partial charge in [-0.25, -0.2) is 0 Å².